The first-order valence-corrected chi connectivity index (χ1v) is 8.78. The molecule has 0 radical (unpaired) electrons. The third-order valence-electron chi connectivity index (χ3n) is 3.36. The molecule has 1 fully saturated rings. The van der Waals surface area contributed by atoms with E-state index in [4.69, 9.17) is 14.2 Å². The summed E-state index contributed by atoms with van der Waals surface area (Å²) in [6.07, 6.45) is 2.25. The molecule has 130 valence electrons. The molecule has 1 aromatic rings. The van der Waals surface area contributed by atoms with Crippen LogP contribution in [0.15, 0.2) is 21.5 Å². The van der Waals surface area contributed by atoms with Crippen molar-refractivity contribution in [3.63, 3.8) is 0 Å². The summed E-state index contributed by atoms with van der Waals surface area (Å²) in [7, 11) is 4.65. The molecule has 6 nitrogen and oxygen atoms in total. The number of halogens is 1. The van der Waals surface area contributed by atoms with Crippen molar-refractivity contribution in [3.05, 3.63) is 27.1 Å². The number of methoxy groups -OCH3 is 3. The fourth-order valence-electron chi connectivity index (χ4n) is 2.27. The highest BCUT2D eigenvalue weighted by atomic mass is 79.9. The highest BCUT2D eigenvalue weighted by molar-refractivity contribution is 9.10. The molecule has 1 aliphatic rings. The summed E-state index contributed by atoms with van der Waals surface area (Å²) in [5, 5.41) is -0.275. The summed E-state index contributed by atoms with van der Waals surface area (Å²) >= 11 is 4.32. The van der Waals surface area contributed by atoms with Gasteiger partial charge in [-0.3, -0.25) is 14.5 Å². The fraction of sp³-hybridized carbons (Fsp3) is 0.375. The second-order valence-electron chi connectivity index (χ2n) is 4.91. The minimum absolute atomic E-state index is 0.275. The molecule has 2 amide bonds. The van der Waals surface area contributed by atoms with Crippen LogP contribution in [0.2, 0.25) is 0 Å². The standard InChI is InChI=1S/C16H18BrNO5S/c1-21-6-4-5-18-15(19)13(24-16(18)20)8-10-7-11(17)9-12(22-2)14(10)23-3/h7-9H,4-6H2,1-3H3/b13-8+. The van der Waals surface area contributed by atoms with Crippen molar-refractivity contribution in [2.75, 3.05) is 34.5 Å². The van der Waals surface area contributed by atoms with E-state index in [1.807, 2.05) is 0 Å². The van der Waals surface area contributed by atoms with Gasteiger partial charge in [0.15, 0.2) is 11.5 Å². The summed E-state index contributed by atoms with van der Waals surface area (Å²) in [4.78, 5) is 26.1. The molecule has 8 heteroatoms. The maximum atomic E-state index is 12.4. The zero-order valence-corrected chi connectivity index (χ0v) is 16.0. The van der Waals surface area contributed by atoms with E-state index in [9.17, 15) is 9.59 Å². The van der Waals surface area contributed by atoms with E-state index in [2.05, 4.69) is 15.9 Å². The quantitative estimate of drug-likeness (QED) is 0.501. The van der Waals surface area contributed by atoms with Crippen LogP contribution in [0.25, 0.3) is 6.08 Å². The van der Waals surface area contributed by atoms with E-state index in [0.717, 1.165) is 16.2 Å². The molecule has 0 saturated carbocycles. The lowest BCUT2D eigenvalue weighted by Gasteiger charge is -2.12. The van der Waals surface area contributed by atoms with Gasteiger partial charge in [0, 0.05) is 30.3 Å². The maximum absolute atomic E-state index is 12.4. The third kappa shape index (κ3) is 4.12. The Kier molecular flexibility index (Phi) is 6.70. The molecule has 1 heterocycles. The van der Waals surface area contributed by atoms with Gasteiger partial charge in [0.2, 0.25) is 0 Å². The minimum Gasteiger partial charge on any atom is -0.493 e. The van der Waals surface area contributed by atoms with Gasteiger partial charge in [-0.2, -0.15) is 0 Å². The number of carbonyl (C=O) groups excluding carboxylic acids is 2. The van der Waals surface area contributed by atoms with Gasteiger partial charge >= 0.3 is 0 Å². The lowest BCUT2D eigenvalue weighted by molar-refractivity contribution is -0.122. The smallest absolute Gasteiger partial charge is 0.293 e. The number of carbonyl (C=O) groups is 2. The highest BCUT2D eigenvalue weighted by Gasteiger charge is 2.34. The van der Waals surface area contributed by atoms with Gasteiger partial charge in [0.05, 0.1) is 19.1 Å². The number of nitrogens with zero attached hydrogens (tertiary/aromatic N) is 1. The molecular weight excluding hydrogens is 398 g/mol. The van der Waals surface area contributed by atoms with E-state index in [1.54, 1.807) is 25.3 Å². The minimum atomic E-state index is -0.304. The average molecular weight is 416 g/mol. The third-order valence-corrected chi connectivity index (χ3v) is 4.73. The van der Waals surface area contributed by atoms with Crippen LogP contribution in [-0.2, 0) is 9.53 Å². The Labute approximate surface area is 153 Å². The van der Waals surface area contributed by atoms with Crippen LogP contribution >= 0.6 is 27.7 Å². The molecule has 1 aromatic carbocycles. The first-order chi connectivity index (χ1) is 11.5. The van der Waals surface area contributed by atoms with Gasteiger partial charge in [-0.1, -0.05) is 15.9 Å². The zero-order chi connectivity index (χ0) is 17.7. The van der Waals surface area contributed by atoms with Crippen molar-refractivity contribution in [1.82, 2.24) is 4.90 Å². The summed E-state index contributed by atoms with van der Waals surface area (Å²) in [5.41, 5.74) is 0.658. The molecule has 0 spiro atoms. The van der Waals surface area contributed by atoms with Crippen molar-refractivity contribution in [2.45, 2.75) is 6.42 Å². The molecule has 2 rings (SSSR count). The molecular formula is C16H18BrNO5S. The zero-order valence-electron chi connectivity index (χ0n) is 13.6. The van der Waals surface area contributed by atoms with Crippen LogP contribution in [0, 0.1) is 0 Å². The first-order valence-electron chi connectivity index (χ1n) is 7.17. The van der Waals surface area contributed by atoms with Crippen LogP contribution < -0.4 is 9.47 Å². The van der Waals surface area contributed by atoms with E-state index in [-0.39, 0.29) is 11.1 Å². The number of amides is 2. The first kappa shape index (κ1) is 18.8. The van der Waals surface area contributed by atoms with Gasteiger partial charge in [0.25, 0.3) is 11.1 Å². The molecule has 0 atom stereocenters. The van der Waals surface area contributed by atoms with E-state index in [1.165, 1.54) is 19.1 Å². The number of hydrogen-bond donors (Lipinski definition) is 0. The summed E-state index contributed by atoms with van der Waals surface area (Å²) in [5.74, 6) is 0.742. The number of imide groups is 1. The topological polar surface area (TPSA) is 65.1 Å². The van der Waals surface area contributed by atoms with Gasteiger partial charge in [0.1, 0.15) is 0 Å². The number of hydrogen-bond acceptors (Lipinski definition) is 6. The Balaban J connectivity index is 2.30. The van der Waals surface area contributed by atoms with Crippen molar-refractivity contribution in [1.29, 1.82) is 0 Å². The normalized spacial score (nSPS) is 16.2. The highest BCUT2D eigenvalue weighted by Crippen LogP contribution is 2.39. The van der Waals surface area contributed by atoms with Gasteiger partial charge < -0.3 is 14.2 Å². The van der Waals surface area contributed by atoms with Crippen molar-refractivity contribution < 1.29 is 23.8 Å². The molecule has 0 unspecified atom stereocenters. The predicted octanol–water partition coefficient (Wildman–Crippen LogP) is 3.54. The lowest BCUT2D eigenvalue weighted by atomic mass is 10.1. The predicted molar refractivity (Wildman–Crippen MR) is 96.4 cm³/mol. The Morgan fingerprint density at radius 2 is 1.96 bits per heavy atom. The van der Waals surface area contributed by atoms with Crippen LogP contribution in [0.3, 0.4) is 0 Å². The van der Waals surface area contributed by atoms with Crippen LogP contribution in [0.4, 0.5) is 4.79 Å². The summed E-state index contributed by atoms with van der Waals surface area (Å²) in [6, 6.07) is 3.58. The Hall–Kier alpha value is -1.51. The largest absolute Gasteiger partial charge is 0.493 e. The number of rotatable bonds is 7. The average Bonchev–Trinajstić information content (AvgIpc) is 2.81. The van der Waals surface area contributed by atoms with Crippen molar-refractivity contribution in [3.8, 4) is 11.5 Å². The molecule has 1 saturated heterocycles. The molecule has 0 bridgehead atoms. The molecule has 0 N–H and O–H groups in total. The second kappa shape index (κ2) is 8.55. The molecule has 1 aliphatic heterocycles. The maximum Gasteiger partial charge on any atom is 0.293 e. The van der Waals surface area contributed by atoms with E-state index < -0.39 is 0 Å². The fourth-order valence-corrected chi connectivity index (χ4v) is 3.58. The molecule has 0 aromatic heterocycles. The molecule has 24 heavy (non-hydrogen) atoms. The Bertz CT molecular complexity index is 677. The van der Waals surface area contributed by atoms with E-state index in [0.29, 0.717) is 41.5 Å². The van der Waals surface area contributed by atoms with Gasteiger partial charge in [-0.15, -0.1) is 0 Å². The number of ether oxygens (including phenoxy) is 3. The summed E-state index contributed by atoms with van der Waals surface area (Å²) in [6.45, 7) is 0.839. The van der Waals surface area contributed by atoms with E-state index >= 15 is 0 Å². The number of benzene rings is 1. The van der Waals surface area contributed by atoms with Gasteiger partial charge in [-0.05, 0) is 36.4 Å². The Morgan fingerprint density at radius 1 is 1.21 bits per heavy atom. The van der Waals surface area contributed by atoms with Gasteiger partial charge in [-0.25, -0.2) is 0 Å². The van der Waals surface area contributed by atoms with Crippen LogP contribution in [-0.4, -0.2) is 50.5 Å². The number of thioether (sulfide) groups is 1. The van der Waals surface area contributed by atoms with Crippen LogP contribution in [0.1, 0.15) is 12.0 Å². The van der Waals surface area contributed by atoms with Crippen molar-refractivity contribution >= 4 is 44.9 Å². The molecule has 0 aliphatic carbocycles. The van der Waals surface area contributed by atoms with Crippen LogP contribution in [0.5, 0.6) is 11.5 Å². The summed E-state index contributed by atoms with van der Waals surface area (Å²) < 4.78 is 16.4. The lowest BCUT2D eigenvalue weighted by Crippen LogP contribution is -2.29. The Morgan fingerprint density at radius 3 is 2.58 bits per heavy atom. The monoisotopic (exact) mass is 415 g/mol. The second-order valence-corrected chi connectivity index (χ2v) is 6.82. The SMILES string of the molecule is COCCCN1C(=O)S/C(=C/c2cc(Br)cc(OC)c2OC)C1=O. The van der Waals surface area contributed by atoms with Crippen molar-refractivity contribution in [2.24, 2.45) is 0 Å².